The average Bonchev–Trinajstić information content (AvgIpc) is 2.89. The maximum Gasteiger partial charge on any atom is 0.412 e. The molecule has 0 bridgehead atoms. The van der Waals surface area contributed by atoms with Crippen molar-refractivity contribution in [3.8, 4) is 11.5 Å². The zero-order valence-corrected chi connectivity index (χ0v) is 20.1. The highest BCUT2D eigenvalue weighted by molar-refractivity contribution is 5.95. The van der Waals surface area contributed by atoms with Crippen LogP contribution in [-0.4, -0.2) is 55.0 Å². The van der Waals surface area contributed by atoms with Crippen LogP contribution in [0.1, 0.15) is 48.1 Å². The van der Waals surface area contributed by atoms with E-state index in [0.29, 0.717) is 35.8 Å². The van der Waals surface area contributed by atoms with Crippen molar-refractivity contribution in [2.75, 3.05) is 31.7 Å². The Hall–Kier alpha value is -3.56. The molecule has 2 heterocycles. The second-order valence-corrected chi connectivity index (χ2v) is 8.50. The van der Waals surface area contributed by atoms with Gasteiger partial charge in [0.1, 0.15) is 0 Å². The summed E-state index contributed by atoms with van der Waals surface area (Å²) >= 11 is 0. The van der Waals surface area contributed by atoms with Gasteiger partial charge in [0.15, 0.2) is 11.5 Å². The molecular formula is C26H32N4O5. The fourth-order valence-corrected chi connectivity index (χ4v) is 4.53. The number of benzene rings is 2. The quantitative estimate of drug-likeness (QED) is 0.552. The number of piperidine rings is 1. The minimum Gasteiger partial charge on any atom is -0.493 e. The Morgan fingerprint density at radius 1 is 1.11 bits per heavy atom. The van der Waals surface area contributed by atoms with E-state index in [1.54, 1.807) is 37.6 Å². The van der Waals surface area contributed by atoms with Crippen LogP contribution >= 0.6 is 0 Å². The lowest BCUT2D eigenvalue weighted by Crippen LogP contribution is -2.46. The fraction of sp³-hybridized carbons (Fsp3) is 0.385. The van der Waals surface area contributed by atoms with Gasteiger partial charge in [0.2, 0.25) is 0 Å². The normalized spacial score (nSPS) is 18.2. The Labute approximate surface area is 205 Å². The van der Waals surface area contributed by atoms with E-state index >= 15 is 0 Å². The molecule has 2 amide bonds. The number of anilines is 1. The standard InChI is InChI=1S/C26H32N4O5/c1-3-35-24-17-19(8-11-23(24)34-2)22-5-4-16-29(28-22)25(31)18-6-9-20(10-7-18)30(26(32)33)21-12-14-27-15-13-21/h4,6-11,16-17,21-22,27-28H,3,5,12-15H2,1-2H3,(H,32,33). The van der Waals surface area contributed by atoms with Crippen molar-refractivity contribution in [3.05, 3.63) is 65.9 Å². The summed E-state index contributed by atoms with van der Waals surface area (Å²) in [6.45, 7) is 4.02. The van der Waals surface area contributed by atoms with Crippen LogP contribution in [0.25, 0.3) is 0 Å². The van der Waals surface area contributed by atoms with Crippen LogP contribution in [0, 0.1) is 0 Å². The highest BCUT2D eigenvalue weighted by atomic mass is 16.5. The Balaban J connectivity index is 1.47. The molecule has 2 aliphatic rings. The molecule has 0 radical (unpaired) electrons. The molecule has 9 nitrogen and oxygen atoms in total. The lowest BCUT2D eigenvalue weighted by Gasteiger charge is -2.33. The van der Waals surface area contributed by atoms with Gasteiger partial charge in [-0.15, -0.1) is 0 Å². The monoisotopic (exact) mass is 480 g/mol. The fourth-order valence-electron chi connectivity index (χ4n) is 4.53. The molecule has 2 aromatic carbocycles. The third-order valence-electron chi connectivity index (χ3n) is 6.30. The second kappa shape index (κ2) is 11.2. The van der Waals surface area contributed by atoms with Crippen molar-refractivity contribution in [3.63, 3.8) is 0 Å². The Bertz CT molecular complexity index is 1070. The van der Waals surface area contributed by atoms with Gasteiger partial charge in [-0.1, -0.05) is 12.1 Å². The molecule has 2 aromatic rings. The van der Waals surface area contributed by atoms with E-state index in [4.69, 9.17) is 9.47 Å². The molecule has 1 atom stereocenters. The van der Waals surface area contributed by atoms with Gasteiger partial charge in [0.25, 0.3) is 5.91 Å². The number of nitrogens with zero attached hydrogens (tertiary/aromatic N) is 2. The third-order valence-corrected chi connectivity index (χ3v) is 6.30. The van der Waals surface area contributed by atoms with E-state index in [-0.39, 0.29) is 18.0 Å². The van der Waals surface area contributed by atoms with E-state index in [0.717, 1.165) is 31.5 Å². The summed E-state index contributed by atoms with van der Waals surface area (Å²) in [4.78, 5) is 26.5. The first-order valence-corrected chi connectivity index (χ1v) is 11.9. The first-order valence-electron chi connectivity index (χ1n) is 11.9. The molecule has 4 rings (SSSR count). The molecule has 0 spiro atoms. The van der Waals surface area contributed by atoms with Crippen LogP contribution in [0.5, 0.6) is 11.5 Å². The van der Waals surface area contributed by atoms with Crippen molar-refractivity contribution >= 4 is 17.7 Å². The van der Waals surface area contributed by atoms with Gasteiger partial charge in [-0.25, -0.2) is 15.2 Å². The highest BCUT2D eigenvalue weighted by Crippen LogP contribution is 2.32. The van der Waals surface area contributed by atoms with Gasteiger partial charge in [-0.05, 0) is 81.2 Å². The van der Waals surface area contributed by atoms with Gasteiger partial charge < -0.3 is 19.9 Å². The van der Waals surface area contributed by atoms with Crippen molar-refractivity contribution in [1.29, 1.82) is 0 Å². The summed E-state index contributed by atoms with van der Waals surface area (Å²) in [7, 11) is 1.60. The summed E-state index contributed by atoms with van der Waals surface area (Å²) in [5.41, 5.74) is 5.29. The zero-order valence-electron chi connectivity index (χ0n) is 20.1. The van der Waals surface area contributed by atoms with Gasteiger partial charge in [0, 0.05) is 23.5 Å². The SMILES string of the molecule is CCOc1cc(C2CC=CN(C(=O)c3ccc(N(C(=O)O)C4CCNCC4)cc3)N2)ccc1OC. The molecule has 0 aromatic heterocycles. The summed E-state index contributed by atoms with van der Waals surface area (Å²) in [6, 6.07) is 12.3. The largest absolute Gasteiger partial charge is 0.493 e. The second-order valence-electron chi connectivity index (χ2n) is 8.50. The maximum atomic E-state index is 13.2. The molecule has 0 aliphatic carbocycles. The molecule has 186 valence electrons. The maximum absolute atomic E-state index is 13.2. The van der Waals surface area contributed by atoms with Gasteiger partial charge >= 0.3 is 6.09 Å². The molecule has 1 fully saturated rings. The minimum absolute atomic E-state index is 0.0752. The molecular weight excluding hydrogens is 448 g/mol. The molecule has 1 saturated heterocycles. The number of amides is 2. The van der Waals surface area contributed by atoms with Gasteiger partial charge in [0.05, 0.1) is 19.8 Å². The van der Waals surface area contributed by atoms with E-state index in [2.05, 4.69) is 10.7 Å². The molecule has 2 aliphatic heterocycles. The number of carbonyl (C=O) groups is 2. The molecule has 3 N–H and O–H groups in total. The van der Waals surface area contributed by atoms with Crippen molar-refractivity contribution in [2.45, 2.75) is 38.3 Å². The van der Waals surface area contributed by atoms with E-state index in [9.17, 15) is 14.7 Å². The van der Waals surface area contributed by atoms with Crippen molar-refractivity contribution < 1.29 is 24.2 Å². The molecule has 35 heavy (non-hydrogen) atoms. The number of hydrazine groups is 1. The summed E-state index contributed by atoms with van der Waals surface area (Å²) in [5.74, 6) is 1.10. The van der Waals surface area contributed by atoms with Crippen LogP contribution in [-0.2, 0) is 0 Å². The number of carboxylic acid groups (broad SMARTS) is 1. The first kappa shape index (κ1) is 24.6. The number of hydrogen-bond donors (Lipinski definition) is 3. The predicted molar refractivity (Wildman–Crippen MR) is 133 cm³/mol. The summed E-state index contributed by atoms with van der Waals surface area (Å²) in [5, 5.41) is 14.5. The van der Waals surface area contributed by atoms with Crippen LogP contribution < -0.4 is 25.1 Å². The predicted octanol–water partition coefficient (Wildman–Crippen LogP) is 3.94. The number of nitrogens with one attached hydrogen (secondary N) is 2. The Morgan fingerprint density at radius 2 is 1.86 bits per heavy atom. The highest BCUT2D eigenvalue weighted by Gasteiger charge is 2.27. The van der Waals surface area contributed by atoms with Gasteiger partial charge in [-0.3, -0.25) is 9.69 Å². The lowest BCUT2D eigenvalue weighted by atomic mass is 10.0. The van der Waals surface area contributed by atoms with Crippen molar-refractivity contribution in [2.24, 2.45) is 0 Å². The van der Waals surface area contributed by atoms with Crippen molar-refractivity contribution in [1.82, 2.24) is 15.8 Å². The Morgan fingerprint density at radius 3 is 2.51 bits per heavy atom. The molecule has 1 unspecified atom stereocenters. The third kappa shape index (κ3) is 5.58. The van der Waals surface area contributed by atoms with Crippen LogP contribution in [0.15, 0.2) is 54.7 Å². The molecule has 0 saturated carbocycles. The van der Waals surface area contributed by atoms with Crippen LogP contribution in [0.3, 0.4) is 0 Å². The number of rotatable bonds is 7. The van der Waals surface area contributed by atoms with Crippen LogP contribution in [0.2, 0.25) is 0 Å². The number of hydrogen-bond acceptors (Lipinski definition) is 6. The number of ether oxygens (including phenoxy) is 2. The van der Waals surface area contributed by atoms with E-state index in [1.807, 2.05) is 31.2 Å². The summed E-state index contributed by atoms with van der Waals surface area (Å²) < 4.78 is 11.1. The molecule has 9 heteroatoms. The number of carbonyl (C=O) groups excluding carboxylic acids is 1. The zero-order chi connectivity index (χ0) is 24.8. The van der Waals surface area contributed by atoms with E-state index in [1.165, 1.54) is 9.91 Å². The minimum atomic E-state index is -0.981. The lowest BCUT2D eigenvalue weighted by molar-refractivity contribution is 0.0713. The summed E-state index contributed by atoms with van der Waals surface area (Å²) in [6.07, 6.45) is 4.91. The van der Waals surface area contributed by atoms with E-state index < -0.39 is 6.09 Å². The smallest absolute Gasteiger partial charge is 0.412 e. The van der Waals surface area contributed by atoms with Crippen LogP contribution in [0.4, 0.5) is 10.5 Å². The van der Waals surface area contributed by atoms with Gasteiger partial charge in [-0.2, -0.15) is 0 Å². The Kier molecular flexibility index (Phi) is 7.89. The topological polar surface area (TPSA) is 103 Å². The first-order chi connectivity index (χ1) is 17.0. The number of methoxy groups -OCH3 is 1. The average molecular weight is 481 g/mol.